The molecule has 0 bridgehead atoms. The van der Waals surface area contributed by atoms with Crippen LogP contribution < -0.4 is 0 Å². The van der Waals surface area contributed by atoms with Crippen LogP contribution in [0, 0.1) is 0 Å². The zero-order valence-electron chi connectivity index (χ0n) is 10.7. The highest BCUT2D eigenvalue weighted by Crippen LogP contribution is 2.17. The second-order valence-electron chi connectivity index (χ2n) is 4.37. The van der Waals surface area contributed by atoms with Gasteiger partial charge in [0, 0.05) is 18.8 Å². The molecule has 4 heteroatoms. The molecule has 1 aromatic heterocycles. The van der Waals surface area contributed by atoms with E-state index in [1.54, 1.807) is 18.5 Å². The molecule has 0 spiro atoms. The molecule has 0 unspecified atom stereocenters. The molecule has 0 saturated heterocycles. The summed E-state index contributed by atoms with van der Waals surface area (Å²) < 4.78 is 5.18. The standard InChI is InChI=1S/C16H12N2O2/c19-16-14(10-13-6-8-17-9-7-13)18-15(20-16)11-12-4-2-1-3-5-12/h1-10H,11H2/b14-10+. The van der Waals surface area contributed by atoms with Gasteiger partial charge in [-0.15, -0.1) is 0 Å². The first-order valence-electron chi connectivity index (χ1n) is 6.27. The Labute approximate surface area is 116 Å². The van der Waals surface area contributed by atoms with Gasteiger partial charge >= 0.3 is 5.97 Å². The summed E-state index contributed by atoms with van der Waals surface area (Å²) in [6, 6.07) is 13.4. The highest BCUT2D eigenvalue weighted by Gasteiger charge is 2.22. The molecule has 0 radical (unpaired) electrons. The van der Waals surface area contributed by atoms with E-state index in [-0.39, 0.29) is 0 Å². The second-order valence-corrected chi connectivity index (χ2v) is 4.37. The van der Waals surface area contributed by atoms with E-state index in [2.05, 4.69) is 9.98 Å². The van der Waals surface area contributed by atoms with Gasteiger partial charge in [0.25, 0.3) is 0 Å². The van der Waals surface area contributed by atoms with E-state index in [9.17, 15) is 4.79 Å². The predicted molar refractivity (Wildman–Crippen MR) is 75.9 cm³/mol. The van der Waals surface area contributed by atoms with Crippen LogP contribution in [0.3, 0.4) is 0 Å². The topological polar surface area (TPSA) is 51.5 Å². The Kier molecular flexibility index (Phi) is 3.37. The van der Waals surface area contributed by atoms with E-state index in [1.165, 1.54) is 0 Å². The Morgan fingerprint density at radius 1 is 1.05 bits per heavy atom. The molecular weight excluding hydrogens is 252 g/mol. The van der Waals surface area contributed by atoms with Gasteiger partial charge in [-0.05, 0) is 29.3 Å². The fraction of sp³-hybridized carbons (Fsp3) is 0.0625. The van der Waals surface area contributed by atoms with Crippen LogP contribution in [0.15, 0.2) is 65.5 Å². The molecule has 4 nitrogen and oxygen atoms in total. The number of aromatic nitrogens is 1. The van der Waals surface area contributed by atoms with Gasteiger partial charge in [0.15, 0.2) is 5.70 Å². The van der Waals surface area contributed by atoms with E-state index in [1.807, 2.05) is 42.5 Å². The molecule has 2 heterocycles. The van der Waals surface area contributed by atoms with Crippen molar-refractivity contribution in [3.05, 3.63) is 71.7 Å². The number of ether oxygens (including phenoxy) is 1. The van der Waals surface area contributed by atoms with Crippen molar-refractivity contribution in [2.75, 3.05) is 0 Å². The molecule has 20 heavy (non-hydrogen) atoms. The summed E-state index contributed by atoms with van der Waals surface area (Å²) in [5, 5.41) is 0. The van der Waals surface area contributed by atoms with Crippen LogP contribution in [0.2, 0.25) is 0 Å². The first-order valence-corrected chi connectivity index (χ1v) is 6.27. The number of nitrogens with zero attached hydrogens (tertiary/aromatic N) is 2. The van der Waals surface area contributed by atoms with Gasteiger partial charge in [-0.25, -0.2) is 9.79 Å². The first-order chi connectivity index (χ1) is 9.81. The number of pyridine rings is 1. The fourth-order valence-corrected chi connectivity index (χ4v) is 1.92. The largest absolute Gasteiger partial charge is 0.406 e. The summed E-state index contributed by atoms with van der Waals surface area (Å²) >= 11 is 0. The number of hydrogen-bond acceptors (Lipinski definition) is 4. The maximum Gasteiger partial charge on any atom is 0.363 e. The number of benzene rings is 1. The molecule has 1 aliphatic heterocycles. The van der Waals surface area contributed by atoms with Crippen molar-refractivity contribution in [3.8, 4) is 0 Å². The molecule has 2 aromatic rings. The fourth-order valence-electron chi connectivity index (χ4n) is 1.92. The average Bonchev–Trinajstić information content (AvgIpc) is 2.81. The second kappa shape index (κ2) is 5.48. The number of carbonyl (C=O) groups is 1. The third kappa shape index (κ3) is 2.80. The molecule has 0 fully saturated rings. The lowest BCUT2D eigenvalue weighted by Crippen LogP contribution is -2.06. The van der Waals surface area contributed by atoms with Gasteiger partial charge in [-0.2, -0.15) is 0 Å². The van der Waals surface area contributed by atoms with Crippen LogP contribution in [-0.2, 0) is 16.0 Å². The van der Waals surface area contributed by atoms with Crippen LogP contribution >= 0.6 is 0 Å². The van der Waals surface area contributed by atoms with Crippen molar-refractivity contribution in [1.82, 2.24) is 4.98 Å². The molecule has 0 aliphatic carbocycles. The lowest BCUT2D eigenvalue weighted by Gasteiger charge is -1.98. The van der Waals surface area contributed by atoms with E-state index in [4.69, 9.17) is 4.74 Å². The molecule has 0 amide bonds. The van der Waals surface area contributed by atoms with Crippen molar-refractivity contribution in [3.63, 3.8) is 0 Å². The van der Waals surface area contributed by atoms with Crippen molar-refractivity contribution in [2.45, 2.75) is 6.42 Å². The summed E-state index contributed by atoms with van der Waals surface area (Å²) in [5.41, 5.74) is 2.25. The number of cyclic esters (lactones) is 1. The van der Waals surface area contributed by atoms with Crippen LogP contribution in [0.25, 0.3) is 6.08 Å². The number of rotatable bonds is 3. The Balaban J connectivity index is 1.81. The van der Waals surface area contributed by atoms with Gasteiger partial charge in [-0.1, -0.05) is 30.3 Å². The molecule has 1 aromatic carbocycles. The normalized spacial score (nSPS) is 16.1. The summed E-state index contributed by atoms with van der Waals surface area (Å²) in [6.45, 7) is 0. The van der Waals surface area contributed by atoms with Crippen LogP contribution in [0.4, 0.5) is 0 Å². The molecule has 0 N–H and O–H groups in total. The number of esters is 1. The third-order valence-corrected chi connectivity index (χ3v) is 2.87. The summed E-state index contributed by atoms with van der Waals surface area (Å²) in [6.07, 6.45) is 5.55. The van der Waals surface area contributed by atoms with Gasteiger partial charge < -0.3 is 4.74 Å². The Morgan fingerprint density at radius 2 is 1.80 bits per heavy atom. The van der Waals surface area contributed by atoms with Gasteiger partial charge in [0.2, 0.25) is 5.90 Å². The summed E-state index contributed by atoms with van der Waals surface area (Å²) in [4.78, 5) is 19.9. The van der Waals surface area contributed by atoms with Crippen LogP contribution in [0.1, 0.15) is 11.1 Å². The molecule has 0 atom stereocenters. The molecule has 98 valence electrons. The number of carbonyl (C=O) groups excluding carboxylic acids is 1. The van der Waals surface area contributed by atoms with E-state index in [0.717, 1.165) is 11.1 Å². The van der Waals surface area contributed by atoms with Crippen molar-refractivity contribution in [1.29, 1.82) is 0 Å². The number of aliphatic imine (C=N–C) groups is 1. The maximum atomic E-state index is 11.8. The zero-order chi connectivity index (χ0) is 13.8. The molecule has 3 rings (SSSR count). The minimum absolute atomic E-state index is 0.321. The summed E-state index contributed by atoms with van der Waals surface area (Å²) in [7, 11) is 0. The summed E-state index contributed by atoms with van der Waals surface area (Å²) in [5.74, 6) is 0.0225. The smallest absolute Gasteiger partial charge is 0.363 e. The highest BCUT2D eigenvalue weighted by atomic mass is 16.6. The molecule has 1 aliphatic rings. The molecule has 0 saturated carbocycles. The Hall–Kier alpha value is -2.75. The first kappa shape index (κ1) is 12.3. The third-order valence-electron chi connectivity index (χ3n) is 2.87. The lowest BCUT2D eigenvalue weighted by molar-refractivity contribution is -0.130. The van der Waals surface area contributed by atoms with E-state index < -0.39 is 5.97 Å². The highest BCUT2D eigenvalue weighted by molar-refractivity contribution is 6.07. The zero-order valence-corrected chi connectivity index (χ0v) is 10.7. The van der Waals surface area contributed by atoms with E-state index in [0.29, 0.717) is 18.0 Å². The SMILES string of the molecule is O=C1OC(Cc2ccccc2)=N/C1=C/c1ccncc1. The minimum Gasteiger partial charge on any atom is -0.406 e. The van der Waals surface area contributed by atoms with Crippen molar-refractivity contribution >= 4 is 17.9 Å². The quantitative estimate of drug-likeness (QED) is 0.632. The Bertz CT molecular complexity index is 676. The molecular formula is C16H12N2O2. The van der Waals surface area contributed by atoms with E-state index >= 15 is 0 Å². The van der Waals surface area contributed by atoms with Crippen LogP contribution in [0.5, 0.6) is 0 Å². The lowest BCUT2D eigenvalue weighted by atomic mass is 10.1. The average molecular weight is 264 g/mol. The van der Waals surface area contributed by atoms with Crippen LogP contribution in [-0.4, -0.2) is 16.9 Å². The minimum atomic E-state index is -0.409. The van der Waals surface area contributed by atoms with Gasteiger partial charge in [0.05, 0.1) is 0 Å². The van der Waals surface area contributed by atoms with Crippen molar-refractivity contribution < 1.29 is 9.53 Å². The Morgan fingerprint density at radius 3 is 2.55 bits per heavy atom. The number of hydrogen-bond donors (Lipinski definition) is 0. The van der Waals surface area contributed by atoms with Gasteiger partial charge in [0.1, 0.15) is 0 Å². The predicted octanol–water partition coefficient (Wildman–Crippen LogP) is 2.62. The maximum absolute atomic E-state index is 11.8. The monoisotopic (exact) mass is 264 g/mol. The van der Waals surface area contributed by atoms with Gasteiger partial charge in [-0.3, -0.25) is 4.98 Å². The van der Waals surface area contributed by atoms with Crippen molar-refractivity contribution in [2.24, 2.45) is 4.99 Å².